The highest BCUT2D eigenvalue weighted by molar-refractivity contribution is 7.89. The largest absolute Gasteiger partial charge is 0.444 e. The molecule has 1 saturated heterocycles. The van der Waals surface area contributed by atoms with Crippen LogP contribution in [0.1, 0.15) is 106 Å². The highest BCUT2D eigenvalue weighted by Gasteiger charge is 2.45. The normalized spacial score (nSPS) is 20.3. The Hall–Kier alpha value is -5.28. The van der Waals surface area contributed by atoms with Crippen molar-refractivity contribution in [3.63, 3.8) is 0 Å². The van der Waals surface area contributed by atoms with E-state index < -0.39 is 110 Å². The summed E-state index contributed by atoms with van der Waals surface area (Å²) in [6, 6.07) is 2.69. The van der Waals surface area contributed by atoms with Crippen molar-refractivity contribution < 1.29 is 72.6 Å². The number of hydrogen-bond donors (Lipinski definition) is 2. The van der Waals surface area contributed by atoms with Crippen LogP contribution in [0.25, 0.3) is 0 Å². The average molecular weight is 934 g/mol. The number of amides is 5. The number of carbonyl (C=O) groups excluding carboxylic acids is 5. The van der Waals surface area contributed by atoms with E-state index in [-0.39, 0.29) is 44.5 Å². The molecule has 22 heteroatoms. The summed E-state index contributed by atoms with van der Waals surface area (Å²) in [5, 5.41) is 2.60. The summed E-state index contributed by atoms with van der Waals surface area (Å²) >= 11 is 0. The first-order valence-electron chi connectivity index (χ1n) is 20.6. The van der Waals surface area contributed by atoms with Gasteiger partial charge in [-0.3, -0.25) is 24.0 Å². The Kier molecular flexibility index (Phi) is 15.4. The number of alkyl carbamates (subject to hydrolysis) is 1. The zero-order chi connectivity index (χ0) is 47.4. The number of benzene rings is 2. The SMILES string of the molecule is C=NC(=O)[C@@H]1C[C@@H](OC(=O)N2Cc3cccc(F)c3C2)CN1C(=O)[C@H](CCCCCCC[C@@H]1C[C@@H]1C(=O)NS(=O)(=O)Cc1cc(C(F)(F)F)cc(C(F)(F)F)c1)NC(=O)OC(C)(C)C. The fourth-order valence-corrected chi connectivity index (χ4v) is 9.00. The number of sulfonamides is 1. The minimum absolute atomic E-state index is 0.0151. The van der Waals surface area contributed by atoms with E-state index in [4.69, 9.17) is 9.47 Å². The van der Waals surface area contributed by atoms with Gasteiger partial charge in [0.2, 0.25) is 21.8 Å². The number of nitrogens with one attached hydrogen (secondary N) is 2. The van der Waals surface area contributed by atoms with Gasteiger partial charge in [-0.05, 0) is 88.1 Å². The third-order valence-corrected chi connectivity index (χ3v) is 12.2. The Morgan fingerprint density at radius 2 is 1.55 bits per heavy atom. The predicted molar refractivity (Wildman–Crippen MR) is 215 cm³/mol. The summed E-state index contributed by atoms with van der Waals surface area (Å²) in [7, 11) is -4.64. The van der Waals surface area contributed by atoms with Crippen molar-refractivity contribution in [2.45, 2.75) is 134 Å². The summed E-state index contributed by atoms with van der Waals surface area (Å²) in [6.45, 7) is 8.12. The van der Waals surface area contributed by atoms with Crippen molar-refractivity contribution in [1.29, 1.82) is 0 Å². The second-order valence-electron chi connectivity index (χ2n) is 17.3. The monoisotopic (exact) mass is 933 g/mol. The van der Waals surface area contributed by atoms with E-state index in [0.717, 1.165) is 0 Å². The summed E-state index contributed by atoms with van der Waals surface area (Å²) in [5.41, 5.74) is -4.05. The van der Waals surface area contributed by atoms with Crippen LogP contribution in [0.4, 0.5) is 40.3 Å². The van der Waals surface area contributed by atoms with Crippen LogP contribution < -0.4 is 10.0 Å². The molecule has 5 rings (SSSR count). The number of nitrogens with zero attached hydrogens (tertiary/aromatic N) is 3. The predicted octanol–water partition coefficient (Wildman–Crippen LogP) is 7.42. The first kappa shape index (κ1) is 49.7. The van der Waals surface area contributed by atoms with Crippen LogP contribution in [0.2, 0.25) is 0 Å². The topological polar surface area (TPSA) is 181 Å². The van der Waals surface area contributed by atoms with E-state index in [1.54, 1.807) is 31.6 Å². The minimum atomic E-state index is -5.17. The summed E-state index contributed by atoms with van der Waals surface area (Å²) in [4.78, 5) is 71.6. The fourth-order valence-electron chi connectivity index (χ4n) is 7.86. The van der Waals surface area contributed by atoms with Crippen LogP contribution in [0.5, 0.6) is 0 Å². The first-order chi connectivity index (χ1) is 29.7. The molecule has 0 aromatic heterocycles. The van der Waals surface area contributed by atoms with Crippen molar-refractivity contribution in [1.82, 2.24) is 19.8 Å². The van der Waals surface area contributed by atoms with Crippen LogP contribution in [0.3, 0.4) is 0 Å². The molecule has 0 unspecified atom stereocenters. The fraction of sp³-hybridized carbons (Fsp3) is 0.571. The Morgan fingerprint density at radius 3 is 2.16 bits per heavy atom. The maximum absolute atomic E-state index is 14.3. The van der Waals surface area contributed by atoms with Crippen molar-refractivity contribution in [2.75, 3.05) is 6.54 Å². The molecule has 0 spiro atoms. The average Bonchev–Trinajstić information content (AvgIpc) is 3.61. The highest BCUT2D eigenvalue weighted by Crippen LogP contribution is 2.43. The van der Waals surface area contributed by atoms with Gasteiger partial charge in [0.1, 0.15) is 29.6 Å². The molecule has 5 amide bonds. The van der Waals surface area contributed by atoms with Crippen molar-refractivity contribution in [2.24, 2.45) is 16.8 Å². The highest BCUT2D eigenvalue weighted by atomic mass is 32.2. The molecule has 1 saturated carbocycles. The molecule has 14 nitrogen and oxygen atoms in total. The van der Waals surface area contributed by atoms with Gasteiger partial charge in [-0.25, -0.2) is 27.4 Å². The molecule has 2 aliphatic heterocycles. The van der Waals surface area contributed by atoms with E-state index >= 15 is 0 Å². The lowest BCUT2D eigenvalue weighted by Crippen LogP contribution is -2.52. The zero-order valence-corrected chi connectivity index (χ0v) is 36.1. The maximum atomic E-state index is 14.3. The van der Waals surface area contributed by atoms with E-state index in [2.05, 4.69) is 17.0 Å². The molecule has 2 aromatic carbocycles. The van der Waals surface area contributed by atoms with Gasteiger partial charge in [-0.1, -0.05) is 44.2 Å². The number of likely N-dealkylation sites (tertiary alicyclic amines) is 1. The summed E-state index contributed by atoms with van der Waals surface area (Å²) in [6.07, 6.45) is -8.98. The number of hydrogen-bond acceptors (Lipinski definition) is 9. The zero-order valence-electron chi connectivity index (χ0n) is 35.3. The molecule has 64 heavy (non-hydrogen) atoms. The van der Waals surface area contributed by atoms with Gasteiger partial charge in [-0.15, -0.1) is 0 Å². The van der Waals surface area contributed by atoms with Gasteiger partial charge >= 0.3 is 24.5 Å². The molecule has 2 fully saturated rings. The van der Waals surface area contributed by atoms with Crippen LogP contribution in [-0.2, 0) is 65.1 Å². The van der Waals surface area contributed by atoms with Crippen LogP contribution >= 0.6 is 0 Å². The minimum Gasteiger partial charge on any atom is -0.444 e. The number of carbonyl (C=O) groups is 5. The Labute approximate surface area is 365 Å². The molecule has 2 N–H and O–H groups in total. The van der Waals surface area contributed by atoms with Crippen LogP contribution in [0, 0.1) is 17.7 Å². The number of aliphatic imine (C=N–C) groups is 1. The first-order valence-corrected chi connectivity index (χ1v) is 22.2. The third-order valence-electron chi connectivity index (χ3n) is 11.0. The number of rotatable bonds is 16. The van der Waals surface area contributed by atoms with E-state index in [1.165, 1.54) is 21.9 Å². The van der Waals surface area contributed by atoms with E-state index in [9.17, 15) is 63.1 Å². The Morgan fingerprint density at radius 1 is 0.906 bits per heavy atom. The molecule has 352 valence electrons. The van der Waals surface area contributed by atoms with Crippen molar-refractivity contribution in [3.05, 3.63) is 70.0 Å². The molecule has 2 aromatic rings. The smallest absolute Gasteiger partial charge is 0.416 e. The summed E-state index contributed by atoms with van der Waals surface area (Å²) < 4.78 is 132. The van der Waals surface area contributed by atoms with Crippen molar-refractivity contribution >= 4 is 46.6 Å². The van der Waals surface area contributed by atoms with Crippen LogP contribution in [-0.4, -0.2) is 85.2 Å². The lowest BCUT2D eigenvalue weighted by Gasteiger charge is -2.28. The van der Waals surface area contributed by atoms with Gasteiger partial charge in [0.05, 0.1) is 30.0 Å². The van der Waals surface area contributed by atoms with Gasteiger partial charge in [0.25, 0.3) is 5.91 Å². The quantitative estimate of drug-likeness (QED) is 0.0984. The molecule has 5 atom stereocenters. The van der Waals surface area contributed by atoms with Gasteiger partial charge in [0.15, 0.2) is 0 Å². The van der Waals surface area contributed by atoms with Gasteiger partial charge < -0.3 is 19.7 Å². The van der Waals surface area contributed by atoms with Gasteiger partial charge in [0, 0.05) is 24.4 Å². The van der Waals surface area contributed by atoms with Gasteiger partial charge in [-0.2, -0.15) is 26.3 Å². The van der Waals surface area contributed by atoms with E-state index in [0.29, 0.717) is 68.2 Å². The Bertz CT molecular complexity index is 2180. The number of alkyl halides is 6. The Balaban J connectivity index is 1.09. The molecule has 1 aliphatic carbocycles. The lowest BCUT2D eigenvalue weighted by molar-refractivity contribution is -0.143. The molecule has 0 radical (unpaired) electrons. The number of halogens is 7. The second kappa shape index (κ2) is 19.9. The maximum Gasteiger partial charge on any atom is 0.416 e. The van der Waals surface area contributed by atoms with Crippen molar-refractivity contribution in [3.8, 4) is 0 Å². The molecular weight excluding hydrogens is 884 g/mol. The molecule has 0 bridgehead atoms. The third kappa shape index (κ3) is 13.6. The standard InChI is InChI=1S/C42H50F7N5O9S/c1-40(2,3)63-38(58)51-33(37(57)54-21-29(19-34(54)36(56)50-4)62-39(59)53-20-26-12-10-13-32(43)31(26)22-53)14-9-7-5-6-8-11-25-17-30(25)35(55)52-64(60,61)23-24-15-27(41(44,45)46)18-28(16-24)42(47,48)49/h10,12-13,15-16,18,25,29-30,33-34H,4-9,11,14,17,19-23H2,1-3H3,(H,51,58)(H,52,55)/t25-,29-,30+,33+,34+/m1/s1. The molecule has 3 aliphatic rings. The summed E-state index contributed by atoms with van der Waals surface area (Å²) in [5.74, 6) is -4.89. The van der Waals surface area contributed by atoms with E-state index in [1.807, 2.05) is 0 Å². The number of ether oxygens (including phenoxy) is 2. The number of unbranched alkanes of at least 4 members (excludes halogenated alkanes) is 4. The molecule has 2 heterocycles. The van der Waals surface area contributed by atoms with Crippen LogP contribution in [0.15, 0.2) is 41.4 Å². The molecular formula is C42H50F7N5O9S. The lowest BCUT2D eigenvalue weighted by atomic mass is 10.0. The second-order valence-corrected chi connectivity index (χ2v) is 19.0. The number of fused-ring (bicyclic) bond motifs is 1.